The standard InChI is InChI=1S/C10H11FN2O/c1-10(6-14-9(12)13-10)7-4-2-3-5-8(7)11/h2-5H,6H2,1H3,(H2,12,13)/t10-/m1/s1. The van der Waals surface area contributed by atoms with E-state index < -0.39 is 5.54 Å². The SMILES string of the molecule is C[C@]1(c2ccccc2F)COC(N)=N1. The van der Waals surface area contributed by atoms with Gasteiger partial charge in [-0.3, -0.25) is 0 Å². The fraction of sp³-hybridized carbons (Fsp3) is 0.300. The minimum Gasteiger partial charge on any atom is -0.462 e. The van der Waals surface area contributed by atoms with E-state index in [-0.39, 0.29) is 11.8 Å². The van der Waals surface area contributed by atoms with E-state index in [0.717, 1.165) is 0 Å². The van der Waals surface area contributed by atoms with Gasteiger partial charge in [0.1, 0.15) is 18.0 Å². The number of ether oxygens (including phenoxy) is 1. The van der Waals surface area contributed by atoms with E-state index in [1.165, 1.54) is 6.07 Å². The van der Waals surface area contributed by atoms with Crippen LogP contribution in [0.4, 0.5) is 4.39 Å². The van der Waals surface area contributed by atoms with E-state index >= 15 is 0 Å². The van der Waals surface area contributed by atoms with E-state index in [0.29, 0.717) is 12.2 Å². The van der Waals surface area contributed by atoms with Crippen LogP contribution in [0.25, 0.3) is 0 Å². The first-order valence-electron chi connectivity index (χ1n) is 4.35. The number of hydrogen-bond donors (Lipinski definition) is 1. The molecule has 0 unspecified atom stereocenters. The van der Waals surface area contributed by atoms with Crippen LogP contribution in [0.5, 0.6) is 0 Å². The zero-order valence-corrected chi connectivity index (χ0v) is 7.83. The van der Waals surface area contributed by atoms with Crippen LogP contribution in [-0.4, -0.2) is 12.6 Å². The maximum absolute atomic E-state index is 13.4. The summed E-state index contributed by atoms with van der Waals surface area (Å²) in [6.07, 6.45) is 0. The Morgan fingerprint density at radius 1 is 1.50 bits per heavy atom. The lowest BCUT2D eigenvalue weighted by molar-refractivity contribution is 0.262. The zero-order chi connectivity index (χ0) is 10.2. The predicted octanol–water partition coefficient (Wildman–Crippen LogP) is 1.39. The lowest BCUT2D eigenvalue weighted by Gasteiger charge is -2.18. The van der Waals surface area contributed by atoms with Crippen molar-refractivity contribution in [2.45, 2.75) is 12.5 Å². The van der Waals surface area contributed by atoms with Crippen LogP contribution in [0.3, 0.4) is 0 Å². The molecule has 1 aromatic rings. The van der Waals surface area contributed by atoms with Crippen molar-refractivity contribution >= 4 is 6.02 Å². The smallest absolute Gasteiger partial charge is 0.283 e. The molecule has 3 nitrogen and oxygen atoms in total. The maximum atomic E-state index is 13.4. The number of nitrogens with two attached hydrogens (primary N) is 1. The van der Waals surface area contributed by atoms with Crippen molar-refractivity contribution in [2.24, 2.45) is 10.7 Å². The number of amidine groups is 1. The van der Waals surface area contributed by atoms with Gasteiger partial charge in [-0.25, -0.2) is 9.38 Å². The quantitative estimate of drug-likeness (QED) is 0.734. The molecule has 74 valence electrons. The van der Waals surface area contributed by atoms with Crippen LogP contribution < -0.4 is 5.73 Å². The molecule has 0 aromatic heterocycles. The van der Waals surface area contributed by atoms with Gasteiger partial charge >= 0.3 is 0 Å². The number of hydrogen-bond acceptors (Lipinski definition) is 3. The molecular weight excluding hydrogens is 183 g/mol. The fourth-order valence-corrected chi connectivity index (χ4v) is 1.56. The summed E-state index contributed by atoms with van der Waals surface area (Å²) in [6, 6.07) is 6.64. The first-order valence-corrected chi connectivity index (χ1v) is 4.35. The molecule has 1 aromatic carbocycles. The molecule has 0 aliphatic carbocycles. The minimum absolute atomic E-state index is 0.121. The van der Waals surface area contributed by atoms with Gasteiger partial charge in [0, 0.05) is 5.56 Å². The Morgan fingerprint density at radius 2 is 2.21 bits per heavy atom. The molecule has 0 fully saturated rings. The molecule has 0 saturated carbocycles. The fourth-order valence-electron chi connectivity index (χ4n) is 1.56. The number of nitrogens with zero attached hydrogens (tertiary/aromatic N) is 1. The molecule has 1 aliphatic heterocycles. The van der Waals surface area contributed by atoms with Crippen molar-refractivity contribution in [1.82, 2.24) is 0 Å². The van der Waals surface area contributed by atoms with Gasteiger partial charge in [-0.05, 0) is 13.0 Å². The average molecular weight is 194 g/mol. The molecule has 0 saturated heterocycles. The van der Waals surface area contributed by atoms with Gasteiger partial charge in [0.15, 0.2) is 0 Å². The highest BCUT2D eigenvalue weighted by Gasteiger charge is 2.34. The van der Waals surface area contributed by atoms with Crippen LogP contribution >= 0.6 is 0 Å². The van der Waals surface area contributed by atoms with E-state index in [1.54, 1.807) is 25.1 Å². The van der Waals surface area contributed by atoms with Crippen LogP contribution in [0.1, 0.15) is 12.5 Å². The van der Waals surface area contributed by atoms with Crippen LogP contribution in [0.15, 0.2) is 29.3 Å². The van der Waals surface area contributed by atoms with Gasteiger partial charge in [-0.15, -0.1) is 0 Å². The molecule has 0 amide bonds. The summed E-state index contributed by atoms with van der Waals surface area (Å²) in [5.41, 5.74) is 5.23. The van der Waals surface area contributed by atoms with Crippen LogP contribution in [0.2, 0.25) is 0 Å². The Morgan fingerprint density at radius 3 is 2.79 bits per heavy atom. The topological polar surface area (TPSA) is 47.6 Å². The second-order valence-electron chi connectivity index (χ2n) is 3.49. The molecule has 14 heavy (non-hydrogen) atoms. The second kappa shape index (κ2) is 2.97. The van der Waals surface area contributed by atoms with Crippen molar-refractivity contribution < 1.29 is 9.13 Å². The lowest BCUT2D eigenvalue weighted by atomic mass is 9.94. The average Bonchev–Trinajstić information content (AvgIpc) is 2.48. The lowest BCUT2D eigenvalue weighted by Crippen LogP contribution is -2.22. The normalized spacial score (nSPS) is 25.7. The highest BCUT2D eigenvalue weighted by molar-refractivity contribution is 5.74. The van der Waals surface area contributed by atoms with Crippen molar-refractivity contribution in [2.75, 3.05) is 6.61 Å². The molecule has 0 spiro atoms. The molecule has 2 rings (SSSR count). The molecular formula is C10H11FN2O. The van der Waals surface area contributed by atoms with Gasteiger partial charge in [0.2, 0.25) is 0 Å². The van der Waals surface area contributed by atoms with Gasteiger partial charge in [-0.1, -0.05) is 18.2 Å². The number of rotatable bonds is 1. The summed E-state index contributed by atoms with van der Waals surface area (Å²) in [4.78, 5) is 4.08. The molecule has 1 aliphatic rings. The van der Waals surface area contributed by atoms with Crippen LogP contribution in [-0.2, 0) is 10.3 Å². The van der Waals surface area contributed by atoms with E-state index in [9.17, 15) is 4.39 Å². The Kier molecular flexibility index (Phi) is 1.91. The largest absolute Gasteiger partial charge is 0.462 e. The molecule has 0 radical (unpaired) electrons. The molecule has 2 N–H and O–H groups in total. The third kappa shape index (κ3) is 1.32. The van der Waals surface area contributed by atoms with Crippen molar-refractivity contribution in [3.05, 3.63) is 35.6 Å². The van der Waals surface area contributed by atoms with Crippen molar-refractivity contribution in [3.63, 3.8) is 0 Å². The van der Waals surface area contributed by atoms with Gasteiger partial charge in [0.05, 0.1) is 0 Å². The third-order valence-corrected chi connectivity index (χ3v) is 2.31. The molecule has 1 atom stereocenters. The first kappa shape index (κ1) is 8.99. The maximum Gasteiger partial charge on any atom is 0.283 e. The number of aliphatic imine (C=N–C) groups is 1. The Bertz CT molecular complexity index is 391. The van der Waals surface area contributed by atoms with Crippen molar-refractivity contribution in [3.8, 4) is 0 Å². The molecule has 4 heteroatoms. The molecule has 0 bridgehead atoms. The van der Waals surface area contributed by atoms with Crippen molar-refractivity contribution in [1.29, 1.82) is 0 Å². The van der Waals surface area contributed by atoms with Gasteiger partial charge in [-0.2, -0.15) is 0 Å². The zero-order valence-electron chi connectivity index (χ0n) is 7.83. The van der Waals surface area contributed by atoms with Gasteiger partial charge < -0.3 is 10.5 Å². The molecule has 1 heterocycles. The summed E-state index contributed by atoms with van der Waals surface area (Å²) in [6.45, 7) is 2.09. The minimum atomic E-state index is -0.685. The predicted molar refractivity (Wildman–Crippen MR) is 51.3 cm³/mol. The third-order valence-electron chi connectivity index (χ3n) is 2.31. The van der Waals surface area contributed by atoms with E-state index in [4.69, 9.17) is 10.5 Å². The van der Waals surface area contributed by atoms with Crippen LogP contribution in [0, 0.1) is 5.82 Å². The summed E-state index contributed by atoms with van der Waals surface area (Å²) in [5.74, 6) is -0.281. The Balaban J connectivity index is 2.45. The Labute approximate surface area is 81.4 Å². The number of benzene rings is 1. The second-order valence-corrected chi connectivity index (χ2v) is 3.49. The summed E-state index contributed by atoms with van der Waals surface area (Å²) < 4.78 is 18.5. The summed E-state index contributed by atoms with van der Waals surface area (Å²) in [5, 5.41) is 0. The van der Waals surface area contributed by atoms with E-state index in [2.05, 4.69) is 4.99 Å². The summed E-state index contributed by atoms with van der Waals surface area (Å²) >= 11 is 0. The number of halogens is 1. The summed E-state index contributed by atoms with van der Waals surface area (Å²) in [7, 11) is 0. The first-order chi connectivity index (χ1) is 6.62. The highest BCUT2D eigenvalue weighted by atomic mass is 19.1. The van der Waals surface area contributed by atoms with Gasteiger partial charge in [0.25, 0.3) is 6.02 Å². The van der Waals surface area contributed by atoms with E-state index in [1.807, 2.05) is 0 Å². The highest BCUT2D eigenvalue weighted by Crippen LogP contribution is 2.31. The monoisotopic (exact) mass is 194 g/mol. The Hall–Kier alpha value is -1.58.